The molecule has 0 unspecified atom stereocenters. The molecule has 12 heavy (non-hydrogen) atoms. The maximum absolute atomic E-state index is 10.9. The van der Waals surface area contributed by atoms with Gasteiger partial charge >= 0.3 is 0 Å². The van der Waals surface area contributed by atoms with E-state index in [0.29, 0.717) is 13.0 Å². The third-order valence-corrected chi connectivity index (χ3v) is 1.72. The summed E-state index contributed by atoms with van der Waals surface area (Å²) >= 11 is 0. The van der Waals surface area contributed by atoms with E-state index in [-0.39, 0.29) is 6.04 Å². The van der Waals surface area contributed by atoms with Crippen molar-refractivity contribution >= 4 is 5.91 Å². The van der Waals surface area contributed by atoms with E-state index < -0.39 is 5.91 Å². The third kappa shape index (κ3) is 4.27. The average Bonchev–Trinajstić information content (AvgIpc) is 2.11. The summed E-state index contributed by atoms with van der Waals surface area (Å²) in [4.78, 5) is 10.9. The SMILES string of the molecule is CN[C@H](CCCCN)C(=O)NO. The van der Waals surface area contributed by atoms with Crippen LogP contribution in [0.15, 0.2) is 0 Å². The second-order valence-corrected chi connectivity index (χ2v) is 2.60. The fraction of sp³-hybridized carbons (Fsp3) is 0.857. The maximum Gasteiger partial charge on any atom is 0.260 e. The Morgan fingerprint density at radius 1 is 1.58 bits per heavy atom. The number of hydroxylamine groups is 1. The van der Waals surface area contributed by atoms with E-state index in [4.69, 9.17) is 10.9 Å². The highest BCUT2D eigenvalue weighted by Crippen LogP contribution is 1.99. The molecule has 0 spiro atoms. The number of amides is 1. The fourth-order valence-electron chi connectivity index (χ4n) is 0.977. The van der Waals surface area contributed by atoms with Gasteiger partial charge in [0.15, 0.2) is 0 Å². The summed E-state index contributed by atoms with van der Waals surface area (Å²) in [7, 11) is 1.68. The van der Waals surface area contributed by atoms with E-state index in [1.807, 2.05) is 0 Å². The van der Waals surface area contributed by atoms with E-state index in [0.717, 1.165) is 12.8 Å². The van der Waals surface area contributed by atoms with E-state index >= 15 is 0 Å². The topological polar surface area (TPSA) is 87.4 Å². The zero-order chi connectivity index (χ0) is 9.40. The number of hydrogen-bond acceptors (Lipinski definition) is 4. The van der Waals surface area contributed by atoms with Gasteiger partial charge in [0.25, 0.3) is 5.91 Å². The fourth-order valence-corrected chi connectivity index (χ4v) is 0.977. The molecule has 0 aliphatic carbocycles. The number of carbonyl (C=O) groups is 1. The largest absolute Gasteiger partial charge is 0.330 e. The summed E-state index contributed by atoms with van der Waals surface area (Å²) in [6, 6.07) is -0.318. The molecule has 0 aliphatic heterocycles. The molecule has 72 valence electrons. The highest BCUT2D eigenvalue weighted by Gasteiger charge is 2.13. The van der Waals surface area contributed by atoms with Crippen LogP contribution in [0.2, 0.25) is 0 Å². The summed E-state index contributed by atoms with van der Waals surface area (Å²) in [5.74, 6) is -0.394. The predicted octanol–water partition coefficient (Wildman–Crippen LogP) is -0.791. The first-order valence-electron chi connectivity index (χ1n) is 4.07. The first-order valence-corrected chi connectivity index (χ1v) is 4.07. The molecule has 5 nitrogen and oxygen atoms in total. The summed E-state index contributed by atoms with van der Waals surface area (Å²) in [5, 5.41) is 11.1. The zero-order valence-electron chi connectivity index (χ0n) is 7.34. The van der Waals surface area contributed by atoms with Gasteiger partial charge in [-0.25, -0.2) is 5.48 Å². The Morgan fingerprint density at radius 3 is 2.67 bits per heavy atom. The molecule has 1 amide bonds. The summed E-state index contributed by atoms with van der Waals surface area (Å²) in [6.07, 6.45) is 2.48. The van der Waals surface area contributed by atoms with Gasteiger partial charge in [0.1, 0.15) is 0 Å². The monoisotopic (exact) mass is 175 g/mol. The van der Waals surface area contributed by atoms with Crippen molar-refractivity contribution in [3.05, 3.63) is 0 Å². The first kappa shape index (κ1) is 11.4. The molecule has 0 saturated carbocycles. The highest BCUT2D eigenvalue weighted by molar-refractivity contribution is 5.80. The number of nitrogens with two attached hydrogens (primary N) is 1. The second-order valence-electron chi connectivity index (χ2n) is 2.60. The van der Waals surface area contributed by atoms with Crippen LogP contribution >= 0.6 is 0 Å². The Balaban J connectivity index is 3.60. The van der Waals surface area contributed by atoms with Gasteiger partial charge in [-0.15, -0.1) is 0 Å². The standard InChI is InChI=1S/C7H17N3O2/c1-9-6(7(11)10-12)4-2-3-5-8/h6,9,12H,2-5,8H2,1H3,(H,10,11)/t6-/m1/s1. The lowest BCUT2D eigenvalue weighted by Gasteiger charge is -2.12. The third-order valence-electron chi connectivity index (χ3n) is 1.72. The molecule has 0 radical (unpaired) electrons. The normalized spacial score (nSPS) is 12.6. The van der Waals surface area contributed by atoms with Gasteiger partial charge in [0.05, 0.1) is 6.04 Å². The van der Waals surface area contributed by atoms with Gasteiger partial charge in [-0.3, -0.25) is 10.0 Å². The number of nitrogens with one attached hydrogen (secondary N) is 2. The predicted molar refractivity (Wildman–Crippen MR) is 45.7 cm³/mol. The van der Waals surface area contributed by atoms with Crippen LogP contribution in [0.4, 0.5) is 0 Å². The molecule has 1 atom stereocenters. The lowest BCUT2D eigenvalue weighted by molar-refractivity contribution is -0.131. The van der Waals surface area contributed by atoms with Crippen LogP contribution in [0.1, 0.15) is 19.3 Å². The van der Waals surface area contributed by atoms with Crippen LogP contribution in [0.3, 0.4) is 0 Å². The Kier molecular flexibility index (Phi) is 6.64. The molecule has 0 aromatic carbocycles. The number of unbranched alkanes of at least 4 members (excludes halogenated alkanes) is 1. The molecule has 0 fully saturated rings. The minimum Gasteiger partial charge on any atom is -0.330 e. The number of carbonyl (C=O) groups excluding carboxylic acids is 1. The van der Waals surface area contributed by atoms with Crippen LogP contribution < -0.4 is 16.5 Å². The molecule has 5 N–H and O–H groups in total. The minimum absolute atomic E-state index is 0.318. The summed E-state index contributed by atoms with van der Waals surface area (Å²) in [5.41, 5.74) is 6.90. The molecule has 0 saturated heterocycles. The number of rotatable bonds is 6. The minimum atomic E-state index is -0.394. The van der Waals surface area contributed by atoms with Gasteiger partial charge in [0.2, 0.25) is 0 Å². The summed E-state index contributed by atoms with van der Waals surface area (Å²) in [6.45, 7) is 0.636. The molecule has 0 heterocycles. The Hall–Kier alpha value is -0.650. The number of hydrogen-bond donors (Lipinski definition) is 4. The van der Waals surface area contributed by atoms with Gasteiger partial charge in [-0.2, -0.15) is 0 Å². The smallest absolute Gasteiger partial charge is 0.260 e. The molecular weight excluding hydrogens is 158 g/mol. The molecule has 0 rings (SSSR count). The van der Waals surface area contributed by atoms with Gasteiger partial charge < -0.3 is 11.1 Å². The van der Waals surface area contributed by atoms with Crippen molar-refractivity contribution in [2.24, 2.45) is 5.73 Å². The van der Waals surface area contributed by atoms with Crippen LogP contribution in [0.25, 0.3) is 0 Å². The lowest BCUT2D eigenvalue weighted by Crippen LogP contribution is -2.41. The average molecular weight is 175 g/mol. The quantitative estimate of drug-likeness (QED) is 0.242. The van der Waals surface area contributed by atoms with Gasteiger partial charge in [-0.1, -0.05) is 6.42 Å². The van der Waals surface area contributed by atoms with Crippen molar-refractivity contribution in [1.29, 1.82) is 0 Å². The second kappa shape index (κ2) is 7.02. The lowest BCUT2D eigenvalue weighted by atomic mass is 10.1. The Labute approximate surface area is 72.3 Å². The molecule has 0 bridgehead atoms. The molecular formula is C7H17N3O2. The van der Waals surface area contributed by atoms with E-state index in [1.165, 1.54) is 0 Å². The van der Waals surface area contributed by atoms with Crippen molar-refractivity contribution in [1.82, 2.24) is 10.8 Å². The molecule has 5 heteroatoms. The molecule has 0 aromatic heterocycles. The van der Waals surface area contributed by atoms with Crippen molar-refractivity contribution in [3.8, 4) is 0 Å². The highest BCUT2D eigenvalue weighted by atomic mass is 16.5. The van der Waals surface area contributed by atoms with Gasteiger partial charge in [-0.05, 0) is 26.4 Å². The first-order chi connectivity index (χ1) is 5.76. The molecule has 0 aliphatic rings. The Bertz CT molecular complexity index is 130. The maximum atomic E-state index is 10.9. The van der Waals surface area contributed by atoms with Crippen molar-refractivity contribution in [3.63, 3.8) is 0 Å². The van der Waals surface area contributed by atoms with E-state index in [2.05, 4.69) is 5.32 Å². The van der Waals surface area contributed by atoms with E-state index in [1.54, 1.807) is 12.5 Å². The van der Waals surface area contributed by atoms with E-state index in [9.17, 15) is 4.79 Å². The van der Waals surface area contributed by atoms with Crippen molar-refractivity contribution in [2.45, 2.75) is 25.3 Å². The zero-order valence-corrected chi connectivity index (χ0v) is 7.34. The van der Waals surface area contributed by atoms with Gasteiger partial charge in [0, 0.05) is 0 Å². The van der Waals surface area contributed by atoms with Crippen molar-refractivity contribution < 1.29 is 10.0 Å². The molecule has 0 aromatic rings. The van der Waals surface area contributed by atoms with Crippen molar-refractivity contribution in [2.75, 3.05) is 13.6 Å². The van der Waals surface area contributed by atoms with Crippen LogP contribution in [-0.2, 0) is 4.79 Å². The van der Waals surface area contributed by atoms with Crippen LogP contribution in [0, 0.1) is 0 Å². The Morgan fingerprint density at radius 2 is 2.25 bits per heavy atom. The van der Waals surface area contributed by atoms with Crippen LogP contribution in [0.5, 0.6) is 0 Å². The van der Waals surface area contributed by atoms with Crippen LogP contribution in [-0.4, -0.2) is 30.7 Å². The summed E-state index contributed by atoms with van der Waals surface area (Å²) < 4.78 is 0. The number of likely N-dealkylation sites (N-methyl/N-ethyl adjacent to an activating group) is 1.